The third-order valence-electron chi connectivity index (χ3n) is 5.09. The molecular weight excluding hydrogens is 377 g/mol. The van der Waals surface area contributed by atoms with Gasteiger partial charge in [-0.3, -0.25) is 0 Å². The van der Waals surface area contributed by atoms with E-state index in [0.29, 0.717) is 35.7 Å². The second-order valence-corrected chi connectivity index (χ2v) is 7.24. The van der Waals surface area contributed by atoms with Crippen molar-refractivity contribution in [2.75, 3.05) is 6.54 Å². The second kappa shape index (κ2) is 9.27. The zero-order valence-corrected chi connectivity index (χ0v) is 16.4. The molecule has 0 aliphatic heterocycles. The molecule has 0 spiro atoms. The first kappa shape index (κ1) is 21.1. The fourth-order valence-corrected chi connectivity index (χ4v) is 3.39. The normalized spacial score (nSPS) is 19.8. The van der Waals surface area contributed by atoms with Gasteiger partial charge in [-0.1, -0.05) is 53.7 Å². The van der Waals surface area contributed by atoms with Crippen molar-refractivity contribution in [1.82, 2.24) is 0 Å². The number of nitrogens with two attached hydrogens (primary N) is 1. The number of hydrogen-bond donors (Lipinski definition) is 1. The minimum absolute atomic E-state index is 0.0257. The van der Waals surface area contributed by atoms with Gasteiger partial charge in [0.25, 0.3) is 0 Å². The van der Waals surface area contributed by atoms with E-state index in [9.17, 15) is 13.2 Å². The lowest BCUT2D eigenvalue weighted by molar-refractivity contribution is -0.137. The van der Waals surface area contributed by atoms with Crippen LogP contribution in [0.5, 0.6) is 0 Å². The molecule has 0 heterocycles. The Morgan fingerprint density at radius 2 is 2.14 bits per heavy atom. The van der Waals surface area contributed by atoms with Crippen LogP contribution in [-0.2, 0) is 17.6 Å². The Morgan fingerprint density at radius 1 is 1.31 bits per heavy atom. The van der Waals surface area contributed by atoms with Crippen molar-refractivity contribution < 1.29 is 18.0 Å². The molecule has 2 aliphatic carbocycles. The van der Waals surface area contributed by atoms with Gasteiger partial charge in [0.15, 0.2) is 0 Å². The summed E-state index contributed by atoms with van der Waals surface area (Å²) in [6, 6.07) is 4.35. The highest BCUT2D eigenvalue weighted by Gasteiger charge is 2.34. The highest BCUT2D eigenvalue weighted by molar-refractivity contribution is 6.00. The monoisotopic (exact) mass is 402 g/mol. The molecule has 0 radical (unpaired) electrons. The van der Waals surface area contributed by atoms with Gasteiger partial charge in [-0.05, 0) is 67.0 Å². The van der Waals surface area contributed by atoms with E-state index < -0.39 is 11.7 Å². The molecule has 1 unspecified atom stereocenters. The van der Waals surface area contributed by atoms with Crippen molar-refractivity contribution in [1.29, 1.82) is 0 Å². The molecule has 0 fully saturated rings. The summed E-state index contributed by atoms with van der Waals surface area (Å²) >= 11 is 0. The number of oxime groups is 1. The van der Waals surface area contributed by atoms with Crippen LogP contribution in [0, 0.1) is 5.92 Å². The lowest BCUT2D eigenvalue weighted by Gasteiger charge is -2.17. The number of rotatable bonds is 6. The molecular formula is C23H25F3N2O. The van der Waals surface area contributed by atoms with E-state index in [0.717, 1.165) is 24.5 Å². The van der Waals surface area contributed by atoms with E-state index in [1.807, 2.05) is 31.2 Å². The molecule has 0 saturated heterocycles. The summed E-state index contributed by atoms with van der Waals surface area (Å²) in [5, 5.41) is 4.06. The summed E-state index contributed by atoms with van der Waals surface area (Å²) < 4.78 is 40.8. The number of halogens is 3. The van der Waals surface area contributed by atoms with E-state index in [1.165, 1.54) is 6.07 Å². The van der Waals surface area contributed by atoms with Crippen LogP contribution in [0.3, 0.4) is 0 Å². The topological polar surface area (TPSA) is 47.6 Å². The standard InChI is InChI=1S/C23H25F3N2O/c1-16(19-10-7-17(14-27)8-11-19)28-29-15-18-9-12-21(20-5-3-2-4-6-20)22(13-18)23(24,25)26/h2-3,5,7,9-13,17H,4,6,8,14-15,27H2,1H3/b28-16+. The minimum atomic E-state index is -4.43. The number of allylic oxidation sites excluding steroid dienone is 7. The van der Waals surface area contributed by atoms with Crippen molar-refractivity contribution in [3.8, 4) is 0 Å². The average Bonchev–Trinajstić information content (AvgIpc) is 2.73. The summed E-state index contributed by atoms with van der Waals surface area (Å²) in [5.41, 5.74) is 8.01. The first-order valence-electron chi connectivity index (χ1n) is 9.70. The molecule has 2 N–H and O–H groups in total. The predicted octanol–water partition coefficient (Wildman–Crippen LogP) is 5.79. The maximum atomic E-state index is 13.6. The van der Waals surface area contributed by atoms with Crippen molar-refractivity contribution in [2.45, 2.75) is 39.0 Å². The molecule has 0 amide bonds. The summed E-state index contributed by atoms with van der Waals surface area (Å²) in [6.45, 7) is 2.38. The lowest BCUT2D eigenvalue weighted by Crippen LogP contribution is -2.14. The Labute approximate surface area is 169 Å². The molecule has 1 atom stereocenters. The maximum Gasteiger partial charge on any atom is 0.417 e. The molecule has 2 aliphatic rings. The van der Waals surface area contributed by atoms with Crippen LogP contribution in [0.25, 0.3) is 5.57 Å². The van der Waals surface area contributed by atoms with Crippen LogP contribution in [-0.4, -0.2) is 12.3 Å². The van der Waals surface area contributed by atoms with Gasteiger partial charge >= 0.3 is 6.18 Å². The average molecular weight is 402 g/mol. The van der Waals surface area contributed by atoms with Crippen molar-refractivity contribution in [3.63, 3.8) is 0 Å². The van der Waals surface area contributed by atoms with E-state index in [1.54, 1.807) is 18.2 Å². The molecule has 6 heteroatoms. The maximum absolute atomic E-state index is 13.6. The van der Waals surface area contributed by atoms with Gasteiger partial charge in [-0.2, -0.15) is 13.2 Å². The number of benzene rings is 1. The second-order valence-electron chi connectivity index (χ2n) is 7.24. The fourth-order valence-electron chi connectivity index (χ4n) is 3.39. The van der Waals surface area contributed by atoms with E-state index in [4.69, 9.17) is 10.6 Å². The third-order valence-corrected chi connectivity index (χ3v) is 5.09. The molecule has 3 rings (SSSR count). The number of nitrogens with zero attached hydrogens (tertiary/aromatic N) is 1. The van der Waals surface area contributed by atoms with E-state index >= 15 is 0 Å². The van der Waals surface area contributed by atoms with E-state index in [-0.39, 0.29) is 12.2 Å². The molecule has 1 aromatic carbocycles. The smallest absolute Gasteiger partial charge is 0.391 e. The molecule has 29 heavy (non-hydrogen) atoms. The van der Waals surface area contributed by atoms with Crippen LogP contribution < -0.4 is 5.73 Å². The Bertz CT molecular complexity index is 892. The van der Waals surface area contributed by atoms with Crippen LogP contribution in [0.2, 0.25) is 0 Å². The molecule has 3 nitrogen and oxygen atoms in total. The van der Waals surface area contributed by atoms with Gasteiger partial charge in [0.05, 0.1) is 11.3 Å². The zero-order valence-electron chi connectivity index (χ0n) is 16.4. The van der Waals surface area contributed by atoms with Gasteiger partial charge in [0.2, 0.25) is 0 Å². The quantitative estimate of drug-likeness (QED) is 0.483. The zero-order chi connectivity index (χ0) is 20.9. The molecule has 0 bridgehead atoms. The van der Waals surface area contributed by atoms with Gasteiger partial charge in [-0.15, -0.1) is 0 Å². The Balaban J connectivity index is 1.72. The first-order chi connectivity index (χ1) is 13.9. The third kappa shape index (κ3) is 5.48. The minimum Gasteiger partial charge on any atom is -0.391 e. The molecule has 154 valence electrons. The molecule has 0 saturated carbocycles. The van der Waals surface area contributed by atoms with Gasteiger partial charge in [0, 0.05) is 0 Å². The van der Waals surface area contributed by atoms with Crippen LogP contribution in [0.1, 0.15) is 42.9 Å². The summed E-state index contributed by atoms with van der Waals surface area (Å²) in [6.07, 6.45) is 9.31. The lowest BCUT2D eigenvalue weighted by atomic mass is 9.92. The Hall–Kier alpha value is -2.60. The first-order valence-corrected chi connectivity index (χ1v) is 9.70. The van der Waals surface area contributed by atoms with Gasteiger partial charge in [0.1, 0.15) is 6.61 Å². The van der Waals surface area contributed by atoms with Crippen LogP contribution >= 0.6 is 0 Å². The fraction of sp³-hybridized carbons (Fsp3) is 0.348. The molecule has 0 aromatic heterocycles. The Morgan fingerprint density at radius 3 is 2.76 bits per heavy atom. The van der Waals surface area contributed by atoms with Crippen LogP contribution in [0.15, 0.2) is 65.4 Å². The number of alkyl halides is 3. The summed E-state index contributed by atoms with van der Waals surface area (Å²) in [7, 11) is 0. The highest BCUT2D eigenvalue weighted by Crippen LogP contribution is 2.37. The van der Waals surface area contributed by atoms with Crippen molar-refractivity contribution in [2.24, 2.45) is 16.8 Å². The largest absolute Gasteiger partial charge is 0.417 e. The molecule has 1 aromatic rings. The summed E-state index contributed by atoms with van der Waals surface area (Å²) in [5.74, 6) is 0.335. The van der Waals surface area contributed by atoms with Crippen molar-refractivity contribution >= 4 is 11.3 Å². The SMILES string of the molecule is C/C(=N\OCc1ccc(C2=CC=CCC2)c(C(F)(F)F)c1)C1=CCC(CN)C=C1. The Kier molecular flexibility index (Phi) is 6.75. The predicted molar refractivity (Wildman–Crippen MR) is 110 cm³/mol. The van der Waals surface area contributed by atoms with E-state index in [2.05, 4.69) is 5.16 Å². The van der Waals surface area contributed by atoms with Gasteiger partial charge < -0.3 is 10.6 Å². The van der Waals surface area contributed by atoms with Crippen molar-refractivity contribution in [3.05, 3.63) is 76.9 Å². The van der Waals surface area contributed by atoms with Crippen LogP contribution in [0.4, 0.5) is 13.2 Å². The highest BCUT2D eigenvalue weighted by atomic mass is 19.4. The summed E-state index contributed by atoms with van der Waals surface area (Å²) in [4.78, 5) is 5.34. The van der Waals surface area contributed by atoms with Gasteiger partial charge in [-0.25, -0.2) is 0 Å². The number of hydrogen-bond acceptors (Lipinski definition) is 3.